The smallest absolute Gasteiger partial charge is 0.255 e. The molecule has 2 heterocycles. The van der Waals surface area contributed by atoms with Crippen LogP contribution in [-0.4, -0.2) is 50.9 Å². The molecule has 35 heavy (non-hydrogen) atoms. The maximum atomic E-state index is 13.3. The topological polar surface area (TPSA) is 89.3 Å². The standard InChI is InChI=1S/C25H26ClN5O3S/c1-3-13-31-23(21-12-7-14-30(21)24(33)19-10-4-5-11-20(19)26)28-29-25(31)35-16-22(32)27-17-8-6-9-18(15-17)34-2/h3-6,8-11,15,21H,1,7,12-14,16H2,2H3,(H,27,32). The molecule has 10 heteroatoms. The maximum absolute atomic E-state index is 13.3. The Hall–Kier alpha value is -3.30. The van der Waals surface area contributed by atoms with Crippen LogP contribution in [0.1, 0.15) is 35.1 Å². The van der Waals surface area contributed by atoms with Crippen LogP contribution in [0.2, 0.25) is 5.02 Å². The Morgan fingerprint density at radius 1 is 1.26 bits per heavy atom. The van der Waals surface area contributed by atoms with Crippen LogP contribution >= 0.6 is 23.4 Å². The molecule has 8 nitrogen and oxygen atoms in total. The fourth-order valence-electron chi connectivity index (χ4n) is 4.05. The molecule has 0 radical (unpaired) electrons. The lowest BCUT2D eigenvalue weighted by atomic mass is 10.1. The third-order valence-corrected chi connectivity index (χ3v) is 6.96. The lowest BCUT2D eigenvalue weighted by Crippen LogP contribution is -2.32. The number of benzene rings is 2. The van der Waals surface area contributed by atoms with Crippen LogP contribution in [0.4, 0.5) is 5.69 Å². The summed E-state index contributed by atoms with van der Waals surface area (Å²) in [4.78, 5) is 27.6. The first kappa shape index (κ1) is 24.8. The van der Waals surface area contributed by atoms with Crippen molar-refractivity contribution in [1.29, 1.82) is 0 Å². The largest absolute Gasteiger partial charge is 0.497 e. The number of ether oxygens (including phenoxy) is 1. The zero-order chi connectivity index (χ0) is 24.8. The van der Waals surface area contributed by atoms with Crippen molar-refractivity contribution in [3.63, 3.8) is 0 Å². The van der Waals surface area contributed by atoms with E-state index in [0.29, 0.717) is 46.1 Å². The van der Waals surface area contributed by atoms with E-state index in [9.17, 15) is 9.59 Å². The van der Waals surface area contributed by atoms with Gasteiger partial charge in [0.2, 0.25) is 5.91 Å². The first-order valence-electron chi connectivity index (χ1n) is 11.2. The summed E-state index contributed by atoms with van der Waals surface area (Å²) in [6.45, 7) is 4.93. The average molecular weight is 512 g/mol. The summed E-state index contributed by atoms with van der Waals surface area (Å²) in [5.41, 5.74) is 1.13. The molecule has 1 N–H and O–H groups in total. The number of anilines is 1. The molecule has 1 aliphatic rings. The highest BCUT2D eigenvalue weighted by atomic mass is 35.5. The van der Waals surface area contributed by atoms with Gasteiger partial charge in [-0.25, -0.2) is 0 Å². The quantitative estimate of drug-likeness (QED) is 0.327. The Morgan fingerprint density at radius 3 is 2.86 bits per heavy atom. The maximum Gasteiger partial charge on any atom is 0.255 e. The van der Waals surface area contributed by atoms with Crippen molar-refractivity contribution in [1.82, 2.24) is 19.7 Å². The molecule has 1 unspecified atom stereocenters. The minimum Gasteiger partial charge on any atom is -0.497 e. The first-order valence-corrected chi connectivity index (χ1v) is 12.5. The molecule has 1 saturated heterocycles. The Bertz CT molecular complexity index is 1230. The van der Waals surface area contributed by atoms with Gasteiger partial charge in [-0.05, 0) is 37.1 Å². The van der Waals surface area contributed by atoms with Crippen molar-refractivity contribution in [2.75, 3.05) is 24.7 Å². The van der Waals surface area contributed by atoms with Gasteiger partial charge in [0.15, 0.2) is 11.0 Å². The van der Waals surface area contributed by atoms with E-state index >= 15 is 0 Å². The second-order valence-electron chi connectivity index (χ2n) is 7.95. The van der Waals surface area contributed by atoms with Crippen molar-refractivity contribution < 1.29 is 14.3 Å². The number of thioether (sulfide) groups is 1. The van der Waals surface area contributed by atoms with E-state index in [1.54, 1.807) is 54.5 Å². The number of nitrogens with zero attached hydrogens (tertiary/aromatic N) is 4. The predicted molar refractivity (Wildman–Crippen MR) is 137 cm³/mol. The van der Waals surface area contributed by atoms with Crippen LogP contribution in [0.15, 0.2) is 66.3 Å². The van der Waals surface area contributed by atoms with Gasteiger partial charge in [0.05, 0.1) is 29.5 Å². The molecule has 182 valence electrons. The molecule has 4 rings (SSSR count). The number of carbonyl (C=O) groups is 2. The Balaban J connectivity index is 1.49. The minimum absolute atomic E-state index is 0.127. The van der Waals surface area contributed by atoms with Gasteiger partial charge in [0.25, 0.3) is 5.91 Å². The number of hydrogen-bond donors (Lipinski definition) is 1. The molecular weight excluding hydrogens is 486 g/mol. The Morgan fingerprint density at radius 2 is 2.09 bits per heavy atom. The molecule has 0 spiro atoms. The van der Waals surface area contributed by atoms with Gasteiger partial charge >= 0.3 is 0 Å². The third-order valence-electron chi connectivity index (χ3n) is 5.66. The normalized spacial score (nSPS) is 15.1. The average Bonchev–Trinajstić information content (AvgIpc) is 3.50. The zero-order valence-corrected chi connectivity index (χ0v) is 20.9. The van der Waals surface area contributed by atoms with E-state index in [1.807, 2.05) is 16.7 Å². The number of hydrogen-bond acceptors (Lipinski definition) is 6. The second-order valence-corrected chi connectivity index (χ2v) is 9.29. The van der Waals surface area contributed by atoms with Crippen molar-refractivity contribution in [2.24, 2.45) is 0 Å². The number of nitrogens with one attached hydrogen (secondary N) is 1. The molecule has 3 aromatic rings. The predicted octanol–water partition coefficient (Wildman–Crippen LogP) is 4.83. The number of allylic oxidation sites excluding steroid dienone is 1. The van der Waals surface area contributed by atoms with Crippen LogP contribution in [0.3, 0.4) is 0 Å². The van der Waals surface area contributed by atoms with Crippen LogP contribution < -0.4 is 10.1 Å². The SMILES string of the molecule is C=CCn1c(SCC(=O)Nc2cccc(OC)c2)nnc1C1CCCN1C(=O)c1ccccc1Cl. The minimum atomic E-state index is -0.230. The van der Waals surface area contributed by atoms with Gasteiger partial charge in [0.1, 0.15) is 5.75 Å². The fourth-order valence-corrected chi connectivity index (χ4v) is 5.02. The van der Waals surface area contributed by atoms with Crippen LogP contribution in [0.25, 0.3) is 0 Å². The third kappa shape index (κ3) is 5.68. The van der Waals surface area contributed by atoms with Gasteiger partial charge in [-0.1, -0.05) is 47.6 Å². The molecular formula is C25H26ClN5O3S. The number of aromatic nitrogens is 3. The highest BCUT2D eigenvalue weighted by Gasteiger charge is 2.35. The molecule has 0 saturated carbocycles. The number of rotatable bonds is 9. The summed E-state index contributed by atoms with van der Waals surface area (Å²) in [6, 6.07) is 14.0. The number of methoxy groups -OCH3 is 1. The van der Waals surface area contributed by atoms with E-state index in [-0.39, 0.29) is 23.6 Å². The second kappa shape index (κ2) is 11.4. The summed E-state index contributed by atoms with van der Waals surface area (Å²) < 4.78 is 7.11. The van der Waals surface area contributed by atoms with Crippen LogP contribution in [-0.2, 0) is 11.3 Å². The van der Waals surface area contributed by atoms with E-state index < -0.39 is 0 Å². The highest BCUT2D eigenvalue weighted by Crippen LogP contribution is 2.35. The lowest BCUT2D eigenvalue weighted by Gasteiger charge is -2.25. The highest BCUT2D eigenvalue weighted by molar-refractivity contribution is 7.99. The summed E-state index contributed by atoms with van der Waals surface area (Å²) >= 11 is 7.57. The fraction of sp³-hybridized carbons (Fsp3) is 0.280. The van der Waals surface area contributed by atoms with Crippen molar-refractivity contribution >= 4 is 40.9 Å². The summed E-state index contributed by atoms with van der Waals surface area (Å²) in [5.74, 6) is 1.20. The Kier molecular flexibility index (Phi) is 8.09. The monoisotopic (exact) mass is 511 g/mol. The van der Waals surface area contributed by atoms with E-state index in [2.05, 4.69) is 22.1 Å². The molecule has 2 amide bonds. The molecule has 1 aliphatic heterocycles. The molecule has 2 aromatic carbocycles. The molecule has 0 bridgehead atoms. The molecule has 1 atom stereocenters. The van der Waals surface area contributed by atoms with Gasteiger partial charge in [-0.2, -0.15) is 0 Å². The number of likely N-dealkylation sites (tertiary alicyclic amines) is 1. The van der Waals surface area contributed by atoms with Gasteiger partial charge in [-0.15, -0.1) is 16.8 Å². The van der Waals surface area contributed by atoms with E-state index in [0.717, 1.165) is 12.8 Å². The lowest BCUT2D eigenvalue weighted by molar-refractivity contribution is -0.113. The van der Waals surface area contributed by atoms with Crippen molar-refractivity contribution in [2.45, 2.75) is 30.6 Å². The Labute approximate surface area is 213 Å². The van der Waals surface area contributed by atoms with E-state index in [4.69, 9.17) is 16.3 Å². The van der Waals surface area contributed by atoms with Crippen molar-refractivity contribution in [3.05, 3.63) is 77.6 Å². The summed E-state index contributed by atoms with van der Waals surface area (Å²) in [5, 5.41) is 12.6. The number of halogens is 1. The van der Waals surface area contributed by atoms with Crippen LogP contribution in [0, 0.1) is 0 Å². The number of carbonyl (C=O) groups excluding carboxylic acids is 2. The van der Waals surface area contributed by atoms with Crippen LogP contribution in [0.5, 0.6) is 5.75 Å². The summed E-state index contributed by atoms with van der Waals surface area (Å²) in [7, 11) is 1.58. The van der Waals surface area contributed by atoms with Gasteiger partial charge < -0.3 is 19.5 Å². The zero-order valence-electron chi connectivity index (χ0n) is 19.3. The first-order chi connectivity index (χ1) is 17.0. The molecule has 1 fully saturated rings. The summed E-state index contributed by atoms with van der Waals surface area (Å²) in [6.07, 6.45) is 3.38. The van der Waals surface area contributed by atoms with Gasteiger partial charge in [-0.3, -0.25) is 9.59 Å². The van der Waals surface area contributed by atoms with E-state index in [1.165, 1.54) is 11.8 Å². The number of amides is 2. The van der Waals surface area contributed by atoms with Gasteiger partial charge in [0, 0.05) is 24.8 Å². The molecule has 0 aliphatic carbocycles. The van der Waals surface area contributed by atoms with Crippen molar-refractivity contribution in [3.8, 4) is 5.75 Å². The molecule has 1 aromatic heterocycles.